The van der Waals surface area contributed by atoms with Gasteiger partial charge in [-0.05, 0) is 48.0 Å². The van der Waals surface area contributed by atoms with Crippen LogP contribution in [0.3, 0.4) is 0 Å². The summed E-state index contributed by atoms with van der Waals surface area (Å²) in [7, 11) is 0. The topological polar surface area (TPSA) is 50.4 Å². The Labute approximate surface area is 180 Å². The molecule has 29 heavy (non-hydrogen) atoms. The molecule has 148 valence electrons. The monoisotopic (exact) mass is 424 g/mol. The molecule has 3 aromatic carbocycles. The molecule has 0 saturated carbocycles. The fraction of sp³-hybridized carbons (Fsp3) is 0.130. The lowest BCUT2D eigenvalue weighted by molar-refractivity contribution is -0.119. The quantitative estimate of drug-likeness (QED) is 0.501. The molecular weight excluding hydrogens is 404 g/mol. The summed E-state index contributed by atoms with van der Waals surface area (Å²) >= 11 is 11.4. The Morgan fingerprint density at radius 3 is 2.52 bits per heavy atom. The Bertz CT molecular complexity index is 979. The highest BCUT2D eigenvalue weighted by molar-refractivity contribution is 7.80. The molecule has 0 heterocycles. The molecule has 2 N–H and O–H groups in total. The van der Waals surface area contributed by atoms with Crippen molar-refractivity contribution in [1.82, 2.24) is 5.32 Å². The van der Waals surface area contributed by atoms with Gasteiger partial charge in [-0.15, -0.1) is 0 Å². The van der Waals surface area contributed by atoms with E-state index in [0.717, 1.165) is 16.8 Å². The molecule has 0 fully saturated rings. The van der Waals surface area contributed by atoms with E-state index in [1.54, 1.807) is 0 Å². The van der Waals surface area contributed by atoms with Gasteiger partial charge in [-0.2, -0.15) is 0 Å². The first-order chi connectivity index (χ1) is 14.1. The summed E-state index contributed by atoms with van der Waals surface area (Å²) < 4.78 is 5.81. The smallest absolute Gasteiger partial charge is 0.226 e. The molecule has 0 unspecified atom stereocenters. The molecule has 0 saturated heterocycles. The van der Waals surface area contributed by atoms with E-state index in [1.807, 2.05) is 78.9 Å². The molecular formula is C23H21ClN2O2S. The van der Waals surface area contributed by atoms with Crippen molar-refractivity contribution >= 4 is 40.5 Å². The lowest BCUT2D eigenvalue weighted by atomic mass is 10.1. The Balaban J connectivity index is 1.47. The van der Waals surface area contributed by atoms with Gasteiger partial charge in [-0.3, -0.25) is 4.79 Å². The van der Waals surface area contributed by atoms with Gasteiger partial charge >= 0.3 is 0 Å². The number of amides is 1. The zero-order chi connectivity index (χ0) is 20.5. The second-order valence-corrected chi connectivity index (χ2v) is 7.21. The summed E-state index contributed by atoms with van der Waals surface area (Å²) in [6.07, 6.45) is 0.850. The molecule has 3 aromatic rings. The molecule has 0 radical (unpaired) electrons. The van der Waals surface area contributed by atoms with Crippen LogP contribution in [-0.2, 0) is 17.8 Å². The average molecular weight is 425 g/mol. The number of ether oxygens (including phenoxy) is 1. The van der Waals surface area contributed by atoms with Crippen LogP contribution < -0.4 is 15.4 Å². The van der Waals surface area contributed by atoms with E-state index in [2.05, 4.69) is 10.6 Å². The Kier molecular flexibility index (Phi) is 7.61. The number of carbonyl (C=O) groups is 1. The van der Waals surface area contributed by atoms with Gasteiger partial charge in [0, 0.05) is 23.2 Å². The Morgan fingerprint density at radius 2 is 1.72 bits per heavy atom. The third-order valence-corrected chi connectivity index (χ3v) is 4.75. The van der Waals surface area contributed by atoms with E-state index >= 15 is 0 Å². The minimum absolute atomic E-state index is 0.168. The third-order valence-electron chi connectivity index (χ3n) is 4.17. The predicted molar refractivity (Wildman–Crippen MR) is 121 cm³/mol. The Morgan fingerprint density at radius 1 is 0.966 bits per heavy atom. The van der Waals surface area contributed by atoms with Crippen molar-refractivity contribution in [2.45, 2.75) is 19.4 Å². The first kappa shape index (κ1) is 20.8. The van der Waals surface area contributed by atoms with Crippen LogP contribution in [0.1, 0.15) is 17.5 Å². The summed E-state index contributed by atoms with van der Waals surface area (Å²) in [5.41, 5.74) is 2.77. The minimum Gasteiger partial charge on any atom is -0.489 e. The average Bonchev–Trinajstić information content (AvgIpc) is 2.72. The second-order valence-electron chi connectivity index (χ2n) is 6.40. The number of nitrogens with one attached hydrogen (secondary N) is 2. The zero-order valence-corrected chi connectivity index (χ0v) is 17.3. The molecule has 6 heteroatoms. The SMILES string of the molecule is O=C(CCc1ccccc1Cl)NC(=S)Nc1cccc(OCc2ccccc2)c1. The van der Waals surface area contributed by atoms with Crippen LogP contribution >= 0.6 is 23.8 Å². The zero-order valence-electron chi connectivity index (χ0n) is 15.7. The van der Waals surface area contributed by atoms with Crippen molar-refractivity contribution in [2.24, 2.45) is 0 Å². The van der Waals surface area contributed by atoms with Crippen LogP contribution in [0, 0.1) is 0 Å². The lowest BCUT2D eigenvalue weighted by Crippen LogP contribution is -2.34. The molecule has 0 atom stereocenters. The highest BCUT2D eigenvalue weighted by Crippen LogP contribution is 2.19. The standard InChI is InChI=1S/C23H21ClN2O2S/c24-21-12-5-4-9-18(21)13-14-22(27)26-23(29)25-19-10-6-11-20(15-19)28-16-17-7-2-1-3-8-17/h1-12,15H,13-14,16H2,(H2,25,26,27,29). The molecule has 0 aliphatic rings. The van der Waals surface area contributed by atoms with Gasteiger partial charge in [0.1, 0.15) is 12.4 Å². The number of benzene rings is 3. The molecule has 0 aromatic heterocycles. The Hall–Kier alpha value is -2.89. The summed E-state index contributed by atoms with van der Waals surface area (Å²) in [4.78, 5) is 12.1. The van der Waals surface area contributed by atoms with Crippen molar-refractivity contribution in [1.29, 1.82) is 0 Å². The first-order valence-corrected chi connectivity index (χ1v) is 10.00. The number of hydrogen-bond donors (Lipinski definition) is 2. The maximum absolute atomic E-state index is 12.1. The fourth-order valence-electron chi connectivity index (χ4n) is 2.71. The maximum atomic E-state index is 12.1. The highest BCUT2D eigenvalue weighted by Gasteiger charge is 2.08. The molecule has 0 bridgehead atoms. The lowest BCUT2D eigenvalue weighted by Gasteiger charge is -2.12. The normalized spacial score (nSPS) is 10.2. The van der Waals surface area contributed by atoms with Crippen LogP contribution in [0.25, 0.3) is 0 Å². The van der Waals surface area contributed by atoms with Crippen molar-refractivity contribution < 1.29 is 9.53 Å². The highest BCUT2D eigenvalue weighted by atomic mass is 35.5. The predicted octanol–water partition coefficient (Wildman–Crippen LogP) is 5.36. The summed E-state index contributed by atoms with van der Waals surface area (Å²) in [5.74, 6) is 0.547. The van der Waals surface area contributed by atoms with Gasteiger partial charge in [0.25, 0.3) is 0 Å². The van der Waals surface area contributed by atoms with Gasteiger partial charge < -0.3 is 15.4 Å². The van der Waals surface area contributed by atoms with E-state index in [-0.39, 0.29) is 11.0 Å². The molecule has 3 rings (SSSR count). The molecule has 0 spiro atoms. The van der Waals surface area contributed by atoms with E-state index < -0.39 is 0 Å². The largest absolute Gasteiger partial charge is 0.489 e. The van der Waals surface area contributed by atoms with Crippen LogP contribution in [0.2, 0.25) is 5.02 Å². The number of halogens is 1. The number of anilines is 1. The van der Waals surface area contributed by atoms with Crippen LogP contribution in [0.5, 0.6) is 5.75 Å². The summed E-state index contributed by atoms with van der Waals surface area (Å²) in [6.45, 7) is 0.480. The molecule has 1 amide bonds. The molecule has 0 aliphatic heterocycles. The van der Waals surface area contributed by atoms with Crippen molar-refractivity contribution in [3.63, 3.8) is 0 Å². The van der Waals surface area contributed by atoms with E-state index in [1.165, 1.54) is 0 Å². The second kappa shape index (κ2) is 10.6. The van der Waals surface area contributed by atoms with Gasteiger partial charge in [-0.1, -0.05) is 66.2 Å². The van der Waals surface area contributed by atoms with Crippen molar-refractivity contribution in [2.75, 3.05) is 5.32 Å². The number of carbonyl (C=O) groups excluding carboxylic acids is 1. The van der Waals surface area contributed by atoms with Crippen LogP contribution in [-0.4, -0.2) is 11.0 Å². The molecule has 0 aliphatic carbocycles. The van der Waals surface area contributed by atoms with E-state index in [0.29, 0.717) is 30.2 Å². The number of rotatable bonds is 7. The van der Waals surface area contributed by atoms with Gasteiger partial charge in [0.2, 0.25) is 5.91 Å². The first-order valence-electron chi connectivity index (χ1n) is 9.21. The fourth-order valence-corrected chi connectivity index (χ4v) is 3.17. The summed E-state index contributed by atoms with van der Waals surface area (Å²) in [5, 5.41) is 6.61. The van der Waals surface area contributed by atoms with Gasteiger partial charge in [0.15, 0.2) is 5.11 Å². The number of hydrogen-bond acceptors (Lipinski definition) is 3. The number of thiocarbonyl (C=S) groups is 1. The van der Waals surface area contributed by atoms with Crippen molar-refractivity contribution in [3.8, 4) is 5.75 Å². The van der Waals surface area contributed by atoms with Crippen molar-refractivity contribution in [3.05, 3.63) is 95.0 Å². The third kappa shape index (κ3) is 6.89. The van der Waals surface area contributed by atoms with Gasteiger partial charge in [-0.25, -0.2) is 0 Å². The maximum Gasteiger partial charge on any atom is 0.226 e. The van der Waals surface area contributed by atoms with Crippen LogP contribution in [0.15, 0.2) is 78.9 Å². The molecule has 4 nitrogen and oxygen atoms in total. The van der Waals surface area contributed by atoms with Gasteiger partial charge in [0.05, 0.1) is 0 Å². The summed E-state index contributed by atoms with van der Waals surface area (Å²) in [6, 6.07) is 24.9. The van der Waals surface area contributed by atoms with E-state index in [4.69, 9.17) is 28.6 Å². The minimum atomic E-state index is -0.168. The van der Waals surface area contributed by atoms with E-state index in [9.17, 15) is 4.79 Å². The van der Waals surface area contributed by atoms with Crippen LogP contribution in [0.4, 0.5) is 5.69 Å². The number of aryl methyl sites for hydroxylation is 1.